The monoisotopic (exact) mass is 481 g/mol. The van der Waals surface area contributed by atoms with Crippen LogP contribution in [0.2, 0.25) is 0 Å². The van der Waals surface area contributed by atoms with Gasteiger partial charge in [-0.2, -0.15) is 0 Å². The Hall–Kier alpha value is -2.30. The van der Waals surface area contributed by atoms with Crippen molar-refractivity contribution in [2.24, 2.45) is 0 Å². The summed E-state index contributed by atoms with van der Waals surface area (Å²) in [4.78, 5) is 30.9. The van der Waals surface area contributed by atoms with Gasteiger partial charge in [0.15, 0.2) is 5.78 Å². The summed E-state index contributed by atoms with van der Waals surface area (Å²) in [5, 5.41) is 2.07. The first-order valence-electron chi connectivity index (χ1n) is 10.3. The van der Waals surface area contributed by atoms with Gasteiger partial charge >= 0.3 is 6.09 Å². The van der Waals surface area contributed by atoms with Gasteiger partial charge in [0, 0.05) is 26.0 Å². The molecule has 1 aromatic carbocycles. The molecule has 176 valence electrons. The smallest absolute Gasteiger partial charge is 0.410 e. The van der Waals surface area contributed by atoms with Gasteiger partial charge in [-0.25, -0.2) is 22.5 Å². The summed E-state index contributed by atoms with van der Waals surface area (Å²) < 4.78 is 30.5. The topological polar surface area (TPSA) is 96.9 Å². The molecule has 1 aromatic heterocycles. The quantitative estimate of drug-likeness (QED) is 0.481. The lowest BCUT2D eigenvalue weighted by atomic mass is 10.1. The molecule has 0 saturated carbocycles. The van der Waals surface area contributed by atoms with Crippen LogP contribution in [0.15, 0.2) is 35.7 Å². The van der Waals surface area contributed by atoms with Crippen molar-refractivity contribution in [2.45, 2.75) is 45.8 Å². The van der Waals surface area contributed by atoms with Gasteiger partial charge < -0.3 is 9.64 Å². The van der Waals surface area contributed by atoms with Crippen molar-refractivity contribution in [3.05, 3.63) is 52.0 Å². The first-order chi connectivity index (χ1) is 14.9. The van der Waals surface area contributed by atoms with Crippen LogP contribution in [0.1, 0.15) is 48.3 Å². The SMILES string of the molecule is CN(C)S(=O)(=O)CC(=O)c1csc(CN(CCCc2ccccc2)C(=O)OC(C)(C)C)n1. The largest absolute Gasteiger partial charge is 0.444 e. The maximum absolute atomic E-state index is 12.7. The summed E-state index contributed by atoms with van der Waals surface area (Å²) in [6.07, 6.45) is 1.09. The number of nitrogens with zero attached hydrogens (tertiary/aromatic N) is 3. The Morgan fingerprint density at radius 3 is 2.38 bits per heavy atom. The minimum atomic E-state index is -3.67. The molecule has 1 amide bonds. The lowest BCUT2D eigenvalue weighted by Gasteiger charge is -2.27. The number of amides is 1. The Labute approximate surface area is 194 Å². The molecule has 0 saturated heterocycles. The van der Waals surface area contributed by atoms with E-state index in [1.807, 2.05) is 30.3 Å². The zero-order valence-corrected chi connectivity index (χ0v) is 20.8. The molecule has 0 aliphatic heterocycles. The summed E-state index contributed by atoms with van der Waals surface area (Å²) in [6, 6.07) is 10.00. The van der Waals surface area contributed by atoms with Gasteiger partial charge in [0.1, 0.15) is 22.1 Å². The number of rotatable bonds is 10. The Morgan fingerprint density at radius 2 is 1.78 bits per heavy atom. The number of carbonyl (C=O) groups is 2. The van der Waals surface area contributed by atoms with E-state index in [4.69, 9.17) is 4.74 Å². The van der Waals surface area contributed by atoms with Gasteiger partial charge in [-0.15, -0.1) is 11.3 Å². The van der Waals surface area contributed by atoms with Crippen LogP contribution in [0.5, 0.6) is 0 Å². The second-order valence-corrected chi connectivity index (χ2v) is 11.7. The van der Waals surface area contributed by atoms with Crippen LogP contribution in [0.25, 0.3) is 0 Å². The molecule has 0 fully saturated rings. The average Bonchev–Trinajstić information content (AvgIpc) is 3.15. The third kappa shape index (κ3) is 8.33. The van der Waals surface area contributed by atoms with E-state index in [-0.39, 0.29) is 12.2 Å². The van der Waals surface area contributed by atoms with Gasteiger partial charge in [0.25, 0.3) is 0 Å². The standard InChI is InChI=1S/C22H31N3O5S2/c1-22(2,3)30-21(27)25(13-9-12-17-10-7-6-8-11-17)14-20-23-18(15-31-20)19(26)16-32(28,29)24(4)5/h6-8,10-11,15H,9,12-14,16H2,1-5H3. The molecule has 2 aromatic rings. The van der Waals surface area contributed by atoms with E-state index in [1.165, 1.54) is 36.4 Å². The summed E-state index contributed by atoms with van der Waals surface area (Å²) in [7, 11) is -0.911. The third-order valence-corrected chi connectivity index (χ3v) is 6.99. The van der Waals surface area contributed by atoms with E-state index in [2.05, 4.69) is 4.98 Å². The maximum atomic E-state index is 12.7. The van der Waals surface area contributed by atoms with Gasteiger partial charge in [-0.3, -0.25) is 4.79 Å². The highest BCUT2D eigenvalue weighted by molar-refractivity contribution is 7.89. The Morgan fingerprint density at radius 1 is 1.12 bits per heavy atom. The van der Waals surface area contributed by atoms with Crippen LogP contribution in [-0.2, 0) is 27.7 Å². The van der Waals surface area contributed by atoms with E-state index in [0.29, 0.717) is 11.6 Å². The molecule has 0 bridgehead atoms. The molecule has 0 N–H and O–H groups in total. The van der Waals surface area contributed by atoms with E-state index in [1.54, 1.807) is 25.7 Å². The Bertz CT molecular complexity index is 1010. The van der Waals surface area contributed by atoms with Crippen LogP contribution in [0, 0.1) is 0 Å². The predicted molar refractivity (Wildman–Crippen MR) is 125 cm³/mol. The normalized spacial score (nSPS) is 12.1. The molecule has 0 aliphatic rings. The number of ketones is 1. The third-order valence-electron chi connectivity index (χ3n) is 4.42. The van der Waals surface area contributed by atoms with E-state index in [0.717, 1.165) is 17.1 Å². The number of benzene rings is 1. The van der Waals surface area contributed by atoms with Crippen molar-refractivity contribution >= 4 is 33.2 Å². The van der Waals surface area contributed by atoms with Crippen molar-refractivity contribution in [1.82, 2.24) is 14.2 Å². The fourth-order valence-corrected chi connectivity index (χ4v) is 4.27. The van der Waals surface area contributed by atoms with Crippen molar-refractivity contribution in [3.63, 3.8) is 0 Å². The number of hydrogen-bond donors (Lipinski definition) is 0. The molecular weight excluding hydrogens is 450 g/mol. The summed E-state index contributed by atoms with van der Waals surface area (Å²) in [5.41, 5.74) is 0.629. The molecule has 0 unspecified atom stereocenters. The molecule has 8 nitrogen and oxygen atoms in total. The van der Waals surface area contributed by atoms with Crippen LogP contribution < -0.4 is 0 Å². The molecule has 32 heavy (non-hydrogen) atoms. The fourth-order valence-electron chi connectivity index (χ4n) is 2.72. The van der Waals surface area contributed by atoms with Crippen molar-refractivity contribution < 1.29 is 22.7 Å². The zero-order valence-electron chi connectivity index (χ0n) is 19.2. The fraction of sp³-hybridized carbons (Fsp3) is 0.500. The number of hydrogen-bond acceptors (Lipinski definition) is 7. The van der Waals surface area contributed by atoms with Gasteiger partial charge in [0.2, 0.25) is 10.0 Å². The number of ether oxygens (including phenoxy) is 1. The Balaban J connectivity index is 2.08. The predicted octanol–water partition coefficient (Wildman–Crippen LogP) is 3.59. The number of aryl methyl sites for hydroxylation is 1. The molecule has 0 spiro atoms. The van der Waals surface area contributed by atoms with Crippen molar-refractivity contribution in [3.8, 4) is 0 Å². The molecule has 0 aliphatic carbocycles. The highest BCUT2D eigenvalue weighted by atomic mass is 32.2. The molecule has 10 heteroatoms. The lowest BCUT2D eigenvalue weighted by Crippen LogP contribution is -2.37. The van der Waals surface area contributed by atoms with Gasteiger partial charge in [-0.1, -0.05) is 30.3 Å². The summed E-state index contributed by atoms with van der Waals surface area (Å²) in [6.45, 7) is 6.05. The highest BCUT2D eigenvalue weighted by Crippen LogP contribution is 2.18. The second kappa shape index (κ2) is 11.0. The van der Waals surface area contributed by atoms with Gasteiger partial charge in [0.05, 0.1) is 6.54 Å². The minimum Gasteiger partial charge on any atom is -0.444 e. The van der Waals surface area contributed by atoms with Crippen LogP contribution in [0.4, 0.5) is 4.79 Å². The molecule has 2 rings (SSSR count). The van der Waals surface area contributed by atoms with E-state index in [9.17, 15) is 18.0 Å². The van der Waals surface area contributed by atoms with Crippen molar-refractivity contribution in [2.75, 3.05) is 26.4 Å². The molecule has 0 atom stereocenters. The van der Waals surface area contributed by atoms with E-state index >= 15 is 0 Å². The lowest BCUT2D eigenvalue weighted by molar-refractivity contribution is 0.0231. The average molecular weight is 482 g/mol. The Kier molecular flexibility index (Phi) is 8.94. The maximum Gasteiger partial charge on any atom is 0.410 e. The highest BCUT2D eigenvalue weighted by Gasteiger charge is 2.25. The molecule has 1 heterocycles. The van der Waals surface area contributed by atoms with Crippen molar-refractivity contribution in [1.29, 1.82) is 0 Å². The minimum absolute atomic E-state index is 0.0869. The number of sulfonamides is 1. The first kappa shape index (κ1) is 26.0. The van der Waals surface area contributed by atoms with Crippen LogP contribution in [-0.4, -0.2) is 66.5 Å². The number of aromatic nitrogens is 1. The molecule has 0 radical (unpaired) electrons. The number of thiazole rings is 1. The first-order valence-corrected chi connectivity index (χ1v) is 12.8. The molecular formula is C22H31N3O5S2. The summed E-state index contributed by atoms with van der Waals surface area (Å²) in [5.74, 6) is -1.22. The van der Waals surface area contributed by atoms with Gasteiger partial charge in [-0.05, 0) is 39.2 Å². The summed E-state index contributed by atoms with van der Waals surface area (Å²) >= 11 is 1.22. The number of carbonyl (C=O) groups excluding carboxylic acids is 2. The van der Waals surface area contributed by atoms with Crippen LogP contribution >= 0.6 is 11.3 Å². The van der Waals surface area contributed by atoms with Crippen LogP contribution in [0.3, 0.4) is 0 Å². The zero-order chi connectivity index (χ0) is 23.9. The number of Topliss-reactive ketones (excluding diaryl/α,β-unsaturated/α-hetero) is 1. The second-order valence-electron chi connectivity index (χ2n) is 8.58. The van der Waals surface area contributed by atoms with E-state index < -0.39 is 33.3 Å².